The molecule has 192 valence electrons. The first-order valence-corrected chi connectivity index (χ1v) is 12.6. The van der Waals surface area contributed by atoms with Gasteiger partial charge in [-0.3, -0.25) is 4.79 Å². The second-order valence-electron chi connectivity index (χ2n) is 8.38. The number of aromatic nitrogens is 2. The van der Waals surface area contributed by atoms with Crippen LogP contribution >= 0.6 is 0 Å². The van der Waals surface area contributed by atoms with Crippen LogP contribution in [-0.4, -0.2) is 67.4 Å². The fraction of sp³-hybridized carbons (Fsp3) is 0.550. The maximum atomic E-state index is 14.4. The largest absolute Gasteiger partial charge is 0.477 e. The van der Waals surface area contributed by atoms with Gasteiger partial charge in [0.2, 0.25) is 0 Å². The van der Waals surface area contributed by atoms with Gasteiger partial charge in [0.1, 0.15) is 10.7 Å². The van der Waals surface area contributed by atoms with Crippen molar-refractivity contribution in [3.05, 3.63) is 29.7 Å². The van der Waals surface area contributed by atoms with Crippen LogP contribution in [0.15, 0.2) is 21.6 Å². The van der Waals surface area contributed by atoms with Crippen LogP contribution in [0.25, 0.3) is 0 Å². The zero-order valence-corrected chi connectivity index (χ0v) is 19.2. The van der Waals surface area contributed by atoms with Crippen molar-refractivity contribution in [2.24, 2.45) is 0 Å². The van der Waals surface area contributed by atoms with E-state index < -0.39 is 56.2 Å². The Kier molecular flexibility index (Phi) is 6.64. The maximum Gasteiger partial charge on any atom is 0.471 e. The molecular weight excluding hydrogens is 503 g/mol. The van der Waals surface area contributed by atoms with Crippen LogP contribution in [0.1, 0.15) is 31.6 Å². The minimum absolute atomic E-state index is 0.183. The first-order valence-electron chi connectivity index (χ1n) is 10.7. The molecule has 3 heterocycles. The number of likely N-dealkylation sites (tertiary alicyclic amines) is 1. The van der Waals surface area contributed by atoms with Crippen molar-refractivity contribution in [1.29, 1.82) is 0 Å². The topological polar surface area (TPSA) is 106 Å². The summed E-state index contributed by atoms with van der Waals surface area (Å²) in [5, 5.41) is 3.37. The number of rotatable bonds is 5. The lowest BCUT2D eigenvalue weighted by molar-refractivity contribution is -0.159. The quantitative estimate of drug-likeness (QED) is 0.550. The van der Waals surface area contributed by atoms with Gasteiger partial charge >= 0.3 is 12.1 Å². The van der Waals surface area contributed by atoms with Crippen molar-refractivity contribution in [3.63, 3.8) is 0 Å². The molecule has 0 N–H and O–H groups in total. The summed E-state index contributed by atoms with van der Waals surface area (Å²) < 4.78 is 99.5. The highest BCUT2D eigenvalue weighted by Gasteiger charge is 2.40. The molecule has 0 spiro atoms. The van der Waals surface area contributed by atoms with Crippen molar-refractivity contribution in [1.82, 2.24) is 15.0 Å². The second kappa shape index (κ2) is 9.24. The third-order valence-electron chi connectivity index (χ3n) is 5.92. The van der Waals surface area contributed by atoms with Crippen LogP contribution in [-0.2, 0) is 20.8 Å². The molecule has 0 radical (unpaired) electrons. The average Bonchev–Trinajstić information content (AvgIpc) is 3.28. The molecule has 2 saturated heterocycles. The van der Waals surface area contributed by atoms with Crippen molar-refractivity contribution < 1.29 is 44.4 Å². The van der Waals surface area contributed by atoms with Gasteiger partial charge in [-0.15, -0.1) is 0 Å². The molecule has 1 amide bonds. The molecule has 2 fully saturated rings. The molecular formula is C20H21F5N4O5S. The summed E-state index contributed by atoms with van der Waals surface area (Å²) in [7, 11) is -3.99. The summed E-state index contributed by atoms with van der Waals surface area (Å²) >= 11 is 0. The molecule has 1 aromatic carbocycles. The van der Waals surface area contributed by atoms with E-state index in [2.05, 4.69) is 14.7 Å². The van der Waals surface area contributed by atoms with Gasteiger partial charge in [-0.1, -0.05) is 0 Å². The van der Waals surface area contributed by atoms with E-state index in [0.717, 1.165) is 6.26 Å². The number of halogens is 5. The number of carbonyl (C=O) groups excluding carboxylic acids is 1. The number of benzene rings is 1. The summed E-state index contributed by atoms with van der Waals surface area (Å²) in [6.45, 7) is 0.973. The smallest absolute Gasteiger partial charge is 0.471 e. The van der Waals surface area contributed by atoms with Crippen molar-refractivity contribution in [2.75, 3.05) is 30.8 Å². The number of hydrogen-bond acceptors (Lipinski definition) is 8. The lowest BCUT2D eigenvalue weighted by Crippen LogP contribution is -2.54. The van der Waals surface area contributed by atoms with Crippen LogP contribution in [0.4, 0.5) is 27.9 Å². The van der Waals surface area contributed by atoms with Gasteiger partial charge in [0.05, 0.1) is 0 Å². The highest BCUT2D eigenvalue weighted by atomic mass is 32.2. The summed E-state index contributed by atoms with van der Waals surface area (Å²) in [4.78, 5) is 18.7. The van der Waals surface area contributed by atoms with Crippen LogP contribution < -0.4 is 9.64 Å². The normalized spacial score (nSPS) is 20.4. The lowest BCUT2D eigenvalue weighted by Gasteiger charge is -2.41. The van der Waals surface area contributed by atoms with E-state index in [0.29, 0.717) is 37.9 Å². The standard InChI is InChI=1S/C20H21F5N4O5S/c1-35(31,32)16-10-12(21)15(9-13(16)22)33-14-3-2-6-29(17(14)30)11-4-7-28(8-5-11)19-26-18(34-27-19)20(23,24)25/h9-11,14H,2-8H2,1H3. The van der Waals surface area contributed by atoms with E-state index in [1.165, 1.54) is 4.90 Å². The number of carbonyl (C=O) groups is 1. The van der Waals surface area contributed by atoms with Crippen LogP contribution in [0.3, 0.4) is 0 Å². The minimum atomic E-state index is -4.74. The number of alkyl halides is 3. The molecule has 35 heavy (non-hydrogen) atoms. The summed E-state index contributed by atoms with van der Waals surface area (Å²) in [5.41, 5.74) is 0. The Balaban J connectivity index is 1.40. The molecule has 1 unspecified atom stereocenters. The van der Waals surface area contributed by atoms with Gasteiger partial charge in [-0.2, -0.15) is 18.2 Å². The Hall–Kier alpha value is -2.97. The molecule has 2 aliphatic rings. The average molecular weight is 524 g/mol. The molecule has 0 bridgehead atoms. The Labute approximate surface area is 196 Å². The highest BCUT2D eigenvalue weighted by Crippen LogP contribution is 2.31. The number of hydrogen-bond donors (Lipinski definition) is 0. The third-order valence-corrected chi connectivity index (χ3v) is 7.04. The molecule has 0 saturated carbocycles. The van der Waals surface area contributed by atoms with Gasteiger partial charge in [-0.05, 0) is 36.9 Å². The first-order chi connectivity index (χ1) is 16.3. The van der Waals surface area contributed by atoms with Gasteiger partial charge in [0.15, 0.2) is 27.5 Å². The molecule has 1 atom stereocenters. The van der Waals surface area contributed by atoms with Gasteiger partial charge < -0.3 is 19.1 Å². The second-order valence-corrected chi connectivity index (χ2v) is 10.4. The van der Waals surface area contributed by atoms with E-state index in [-0.39, 0.29) is 31.5 Å². The first kappa shape index (κ1) is 25.1. The van der Waals surface area contributed by atoms with Crippen molar-refractivity contribution in [2.45, 2.75) is 48.9 Å². The number of amides is 1. The van der Waals surface area contributed by atoms with Gasteiger partial charge in [0.25, 0.3) is 11.9 Å². The van der Waals surface area contributed by atoms with Crippen LogP contribution in [0.5, 0.6) is 5.75 Å². The fourth-order valence-corrected chi connectivity index (χ4v) is 4.94. The molecule has 1 aromatic heterocycles. The van der Waals surface area contributed by atoms with Crippen molar-refractivity contribution >= 4 is 21.7 Å². The summed E-state index contributed by atoms with van der Waals surface area (Å²) in [6.07, 6.45) is -3.47. The fourth-order valence-electron chi connectivity index (χ4n) is 4.21. The Morgan fingerprint density at radius 2 is 1.77 bits per heavy atom. The molecule has 9 nitrogen and oxygen atoms in total. The third kappa shape index (κ3) is 5.33. The SMILES string of the molecule is CS(=O)(=O)c1cc(F)c(OC2CCCN(C3CCN(c4noc(C(F)(F)F)n4)CC3)C2=O)cc1F. The number of anilines is 1. The number of piperidine rings is 2. The monoisotopic (exact) mass is 524 g/mol. The molecule has 2 aromatic rings. The van der Waals surface area contributed by atoms with E-state index in [9.17, 15) is 35.2 Å². The van der Waals surface area contributed by atoms with Crippen LogP contribution in [0, 0.1) is 11.6 Å². The zero-order valence-electron chi connectivity index (χ0n) is 18.4. The summed E-state index contributed by atoms with van der Waals surface area (Å²) in [5.74, 6) is -4.91. The van der Waals surface area contributed by atoms with E-state index in [4.69, 9.17) is 4.74 Å². The number of nitrogens with zero attached hydrogens (tertiary/aromatic N) is 4. The predicted octanol–water partition coefficient (Wildman–Crippen LogP) is 2.81. The van der Waals surface area contributed by atoms with Gasteiger partial charge in [0, 0.05) is 38.0 Å². The predicted molar refractivity (Wildman–Crippen MR) is 109 cm³/mol. The Bertz CT molecular complexity index is 1210. The van der Waals surface area contributed by atoms with Gasteiger partial charge in [-0.25, -0.2) is 17.2 Å². The molecule has 4 rings (SSSR count). The lowest BCUT2D eigenvalue weighted by atomic mass is 9.98. The van der Waals surface area contributed by atoms with E-state index >= 15 is 0 Å². The van der Waals surface area contributed by atoms with E-state index in [1.54, 1.807) is 4.90 Å². The van der Waals surface area contributed by atoms with Crippen molar-refractivity contribution in [3.8, 4) is 5.75 Å². The van der Waals surface area contributed by atoms with E-state index in [1.807, 2.05) is 0 Å². The number of ether oxygens (including phenoxy) is 1. The maximum absolute atomic E-state index is 14.4. The highest BCUT2D eigenvalue weighted by molar-refractivity contribution is 7.90. The van der Waals surface area contributed by atoms with Crippen LogP contribution in [0.2, 0.25) is 0 Å². The molecule has 2 aliphatic heterocycles. The Morgan fingerprint density at radius 1 is 1.09 bits per heavy atom. The molecule has 0 aliphatic carbocycles. The minimum Gasteiger partial charge on any atom is -0.477 e. The Morgan fingerprint density at radius 3 is 2.37 bits per heavy atom. The zero-order chi connectivity index (χ0) is 25.5. The molecule has 15 heteroatoms. The summed E-state index contributed by atoms with van der Waals surface area (Å²) in [6, 6.07) is 0.882. The number of sulfone groups is 1.